The number of benzene rings is 1. The van der Waals surface area contributed by atoms with Gasteiger partial charge in [-0.25, -0.2) is 0 Å². The maximum atomic E-state index is 12.9. The van der Waals surface area contributed by atoms with Gasteiger partial charge in [0.1, 0.15) is 0 Å². The molecule has 0 spiro atoms. The molecule has 0 aliphatic carbocycles. The summed E-state index contributed by atoms with van der Waals surface area (Å²) in [5.41, 5.74) is 2.47. The van der Waals surface area contributed by atoms with Crippen LogP contribution < -0.4 is 0 Å². The number of rotatable bonds is 5. The average Bonchev–Trinajstić information content (AvgIpc) is 3.08. The van der Waals surface area contributed by atoms with Crippen molar-refractivity contribution in [3.05, 3.63) is 87.3 Å². The standard InChI is InChI=1S/C18H15ClN2OS/c19-17-7-2-1-6-16(17)18(22)21(11-14-8-10-23-13-14)12-15-5-3-4-9-20-15/h1-10,13H,11-12H2. The van der Waals surface area contributed by atoms with Crippen LogP contribution in [0.4, 0.5) is 0 Å². The molecule has 2 heterocycles. The largest absolute Gasteiger partial charge is 0.328 e. The molecule has 1 aromatic carbocycles. The fraction of sp³-hybridized carbons (Fsp3) is 0.111. The van der Waals surface area contributed by atoms with Crippen molar-refractivity contribution in [1.29, 1.82) is 0 Å². The van der Waals surface area contributed by atoms with Crippen LogP contribution in [0.3, 0.4) is 0 Å². The number of pyridine rings is 1. The Morgan fingerprint density at radius 1 is 1.09 bits per heavy atom. The highest BCUT2D eigenvalue weighted by atomic mass is 35.5. The van der Waals surface area contributed by atoms with Gasteiger partial charge in [0.05, 0.1) is 22.8 Å². The maximum Gasteiger partial charge on any atom is 0.256 e. The molecule has 0 unspecified atom stereocenters. The van der Waals surface area contributed by atoms with Gasteiger partial charge in [0, 0.05) is 12.7 Å². The minimum Gasteiger partial charge on any atom is -0.328 e. The molecule has 0 atom stereocenters. The van der Waals surface area contributed by atoms with Gasteiger partial charge < -0.3 is 4.90 Å². The van der Waals surface area contributed by atoms with Crippen LogP contribution in [-0.4, -0.2) is 15.8 Å². The van der Waals surface area contributed by atoms with Crippen LogP contribution in [0.2, 0.25) is 5.02 Å². The van der Waals surface area contributed by atoms with E-state index in [2.05, 4.69) is 4.98 Å². The van der Waals surface area contributed by atoms with Gasteiger partial charge in [-0.15, -0.1) is 0 Å². The molecule has 0 fully saturated rings. The molecule has 0 aliphatic rings. The number of carbonyl (C=O) groups is 1. The Kier molecular flexibility index (Phi) is 5.05. The number of nitrogens with zero attached hydrogens (tertiary/aromatic N) is 2. The predicted octanol–water partition coefficient (Wildman–Crippen LogP) is 4.64. The minimum atomic E-state index is -0.0903. The molecule has 3 aromatic rings. The number of amides is 1. The second-order valence-electron chi connectivity index (χ2n) is 5.09. The highest BCUT2D eigenvalue weighted by Crippen LogP contribution is 2.20. The fourth-order valence-electron chi connectivity index (χ4n) is 2.29. The lowest BCUT2D eigenvalue weighted by molar-refractivity contribution is 0.0728. The summed E-state index contributed by atoms with van der Waals surface area (Å²) in [5.74, 6) is -0.0903. The number of carbonyl (C=O) groups excluding carboxylic acids is 1. The molecule has 0 radical (unpaired) electrons. The van der Waals surface area contributed by atoms with Crippen molar-refractivity contribution in [1.82, 2.24) is 9.88 Å². The monoisotopic (exact) mass is 342 g/mol. The second kappa shape index (κ2) is 7.40. The number of thiophene rings is 1. The van der Waals surface area contributed by atoms with Gasteiger partial charge in [-0.2, -0.15) is 11.3 Å². The first-order chi connectivity index (χ1) is 11.2. The normalized spacial score (nSPS) is 10.5. The molecule has 3 rings (SSSR count). The zero-order chi connectivity index (χ0) is 16.1. The molecule has 2 aromatic heterocycles. The van der Waals surface area contributed by atoms with Crippen LogP contribution in [0.25, 0.3) is 0 Å². The molecular formula is C18H15ClN2OS. The van der Waals surface area contributed by atoms with E-state index in [9.17, 15) is 4.79 Å². The second-order valence-corrected chi connectivity index (χ2v) is 6.28. The SMILES string of the molecule is O=C(c1ccccc1Cl)N(Cc1ccsc1)Cc1ccccn1. The quantitative estimate of drug-likeness (QED) is 0.676. The molecule has 0 saturated carbocycles. The molecule has 0 saturated heterocycles. The number of aromatic nitrogens is 1. The van der Waals surface area contributed by atoms with E-state index in [4.69, 9.17) is 11.6 Å². The number of hydrogen-bond acceptors (Lipinski definition) is 3. The fourth-order valence-corrected chi connectivity index (χ4v) is 3.17. The van der Waals surface area contributed by atoms with E-state index in [1.807, 2.05) is 47.2 Å². The van der Waals surface area contributed by atoms with Gasteiger partial charge in [-0.05, 0) is 46.7 Å². The summed E-state index contributed by atoms with van der Waals surface area (Å²) in [6.45, 7) is 0.977. The Hall–Kier alpha value is -2.17. The molecule has 5 heteroatoms. The molecule has 0 N–H and O–H groups in total. The Morgan fingerprint density at radius 3 is 2.61 bits per heavy atom. The predicted molar refractivity (Wildman–Crippen MR) is 93.6 cm³/mol. The van der Waals surface area contributed by atoms with Gasteiger partial charge in [-0.1, -0.05) is 29.8 Å². The smallest absolute Gasteiger partial charge is 0.256 e. The maximum absolute atomic E-state index is 12.9. The molecule has 116 valence electrons. The summed E-state index contributed by atoms with van der Waals surface area (Å²) >= 11 is 7.81. The van der Waals surface area contributed by atoms with Gasteiger partial charge in [0.15, 0.2) is 0 Å². The van der Waals surface area contributed by atoms with E-state index in [1.54, 1.807) is 34.6 Å². The first-order valence-electron chi connectivity index (χ1n) is 7.19. The van der Waals surface area contributed by atoms with E-state index in [1.165, 1.54) is 0 Å². The van der Waals surface area contributed by atoms with Crippen molar-refractivity contribution < 1.29 is 4.79 Å². The van der Waals surface area contributed by atoms with E-state index < -0.39 is 0 Å². The lowest BCUT2D eigenvalue weighted by atomic mass is 10.1. The highest BCUT2D eigenvalue weighted by Gasteiger charge is 2.19. The Morgan fingerprint density at radius 2 is 1.91 bits per heavy atom. The van der Waals surface area contributed by atoms with E-state index in [0.717, 1.165) is 11.3 Å². The van der Waals surface area contributed by atoms with Crippen LogP contribution in [0.5, 0.6) is 0 Å². The van der Waals surface area contributed by atoms with Crippen LogP contribution in [0.15, 0.2) is 65.5 Å². The van der Waals surface area contributed by atoms with Crippen molar-refractivity contribution in [2.24, 2.45) is 0 Å². The van der Waals surface area contributed by atoms with Gasteiger partial charge in [0.2, 0.25) is 0 Å². The third-order valence-electron chi connectivity index (χ3n) is 3.42. The lowest BCUT2D eigenvalue weighted by Crippen LogP contribution is -2.30. The van der Waals surface area contributed by atoms with E-state index in [-0.39, 0.29) is 5.91 Å². The third kappa shape index (κ3) is 3.97. The van der Waals surface area contributed by atoms with Crippen molar-refractivity contribution in [2.75, 3.05) is 0 Å². The zero-order valence-electron chi connectivity index (χ0n) is 12.4. The summed E-state index contributed by atoms with van der Waals surface area (Å²) in [5, 5.41) is 4.52. The lowest BCUT2D eigenvalue weighted by Gasteiger charge is -2.22. The van der Waals surface area contributed by atoms with Crippen molar-refractivity contribution in [3.8, 4) is 0 Å². The Labute approximate surface area is 144 Å². The van der Waals surface area contributed by atoms with Gasteiger partial charge in [0.25, 0.3) is 5.91 Å². The summed E-state index contributed by atoms with van der Waals surface area (Å²) < 4.78 is 0. The zero-order valence-corrected chi connectivity index (χ0v) is 13.9. The topological polar surface area (TPSA) is 33.2 Å². The Balaban J connectivity index is 1.88. The van der Waals surface area contributed by atoms with E-state index in [0.29, 0.717) is 23.7 Å². The first kappa shape index (κ1) is 15.7. The van der Waals surface area contributed by atoms with Crippen molar-refractivity contribution in [2.45, 2.75) is 13.1 Å². The van der Waals surface area contributed by atoms with E-state index >= 15 is 0 Å². The molecule has 1 amide bonds. The third-order valence-corrected chi connectivity index (χ3v) is 4.49. The summed E-state index contributed by atoms with van der Waals surface area (Å²) in [6, 6.07) is 14.9. The molecule has 0 bridgehead atoms. The number of halogens is 1. The Bertz CT molecular complexity index is 775. The average molecular weight is 343 g/mol. The summed E-state index contributed by atoms with van der Waals surface area (Å²) in [4.78, 5) is 19.0. The summed E-state index contributed by atoms with van der Waals surface area (Å²) in [6.07, 6.45) is 1.73. The van der Waals surface area contributed by atoms with Gasteiger partial charge in [-0.3, -0.25) is 9.78 Å². The minimum absolute atomic E-state index is 0.0903. The van der Waals surface area contributed by atoms with Gasteiger partial charge >= 0.3 is 0 Å². The molecule has 0 aliphatic heterocycles. The molecule has 3 nitrogen and oxygen atoms in total. The van der Waals surface area contributed by atoms with Crippen LogP contribution >= 0.6 is 22.9 Å². The summed E-state index contributed by atoms with van der Waals surface area (Å²) in [7, 11) is 0. The van der Waals surface area contributed by atoms with Crippen molar-refractivity contribution >= 4 is 28.8 Å². The van der Waals surface area contributed by atoms with Crippen LogP contribution in [0.1, 0.15) is 21.6 Å². The van der Waals surface area contributed by atoms with Crippen molar-refractivity contribution in [3.63, 3.8) is 0 Å². The number of hydrogen-bond donors (Lipinski definition) is 0. The first-order valence-corrected chi connectivity index (χ1v) is 8.51. The highest BCUT2D eigenvalue weighted by molar-refractivity contribution is 7.07. The molecule has 23 heavy (non-hydrogen) atoms. The molecular weight excluding hydrogens is 328 g/mol. The van der Waals surface area contributed by atoms with Crippen LogP contribution in [-0.2, 0) is 13.1 Å². The van der Waals surface area contributed by atoms with Crippen LogP contribution in [0, 0.1) is 0 Å².